The third-order valence-corrected chi connectivity index (χ3v) is 8.24. The van der Waals surface area contributed by atoms with Crippen LogP contribution in [0.3, 0.4) is 0 Å². The lowest BCUT2D eigenvalue weighted by atomic mass is 10.1. The van der Waals surface area contributed by atoms with E-state index in [0.29, 0.717) is 41.6 Å². The van der Waals surface area contributed by atoms with Crippen molar-refractivity contribution in [1.82, 2.24) is 10.2 Å². The summed E-state index contributed by atoms with van der Waals surface area (Å²) in [5, 5.41) is 3.23. The number of halogens is 1. The van der Waals surface area contributed by atoms with E-state index in [4.69, 9.17) is 16.3 Å². The van der Waals surface area contributed by atoms with Crippen LogP contribution in [0.15, 0.2) is 83.8 Å². The van der Waals surface area contributed by atoms with E-state index in [1.807, 2.05) is 6.92 Å². The molecule has 0 heterocycles. The molecule has 0 saturated heterocycles. The summed E-state index contributed by atoms with van der Waals surface area (Å²) in [6, 6.07) is 20.6. The maximum absolute atomic E-state index is 14.0. The fraction of sp³-hybridized carbons (Fsp3) is 0.310. The van der Waals surface area contributed by atoms with Crippen molar-refractivity contribution in [2.75, 3.05) is 24.0 Å². The molecule has 208 valence electrons. The molecule has 3 aromatic carbocycles. The van der Waals surface area contributed by atoms with Crippen LogP contribution in [-0.4, -0.2) is 50.9 Å². The topological polar surface area (TPSA) is 96.0 Å². The Hall–Kier alpha value is -3.56. The van der Waals surface area contributed by atoms with Crippen LogP contribution in [0.4, 0.5) is 5.69 Å². The Morgan fingerprint density at radius 3 is 2.15 bits per heavy atom. The highest BCUT2D eigenvalue weighted by atomic mass is 35.5. The van der Waals surface area contributed by atoms with E-state index >= 15 is 0 Å². The van der Waals surface area contributed by atoms with E-state index in [9.17, 15) is 18.0 Å². The number of amides is 2. The summed E-state index contributed by atoms with van der Waals surface area (Å²) < 4.78 is 34.2. The van der Waals surface area contributed by atoms with Crippen LogP contribution < -0.4 is 14.4 Å². The van der Waals surface area contributed by atoms with E-state index in [1.165, 1.54) is 17.0 Å². The summed E-state index contributed by atoms with van der Waals surface area (Å²) in [4.78, 5) is 28.4. The zero-order valence-corrected chi connectivity index (χ0v) is 23.9. The van der Waals surface area contributed by atoms with Gasteiger partial charge in [0.2, 0.25) is 11.8 Å². The molecule has 1 atom stereocenters. The fourth-order valence-electron chi connectivity index (χ4n) is 4.15. The van der Waals surface area contributed by atoms with E-state index < -0.39 is 28.5 Å². The number of hydrogen-bond donors (Lipinski definition) is 1. The highest BCUT2D eigenvalue weighted by molar-refractivity contribution is 7.92. The first-order valence-corrected chi connectivity index (χ1v) is 14.7. The Labute approximate surface area is 235 Å². The fourth-order valence-corrected chi connectivity index (χ4v) is 5.78. The Kier molecular flexibility index (Phi) is 10.8. The Balaban J connectivity index is 2.05. The van der Waals surface area contributed by atoms with Crippen molar-refractivity contribution < 1.29 is 22.7 Å². The average Bonchev–Trinajstić information content (AvgIpc) is 2.94. The van der Waals surface area contributed by atoms with Gasteiger partial charge in [-0.2, -0.15) is 0 Å². The molecule has 3 rings (SSSR count). The monoisotopic (exact) mass is 571 g/mol. The van der Waals surface area contributed by atoms with Gasteiger partial charge in [0.1, 0.15) is 18.3 Å². The summed E-state index contributed by atoms with van der Waals surface area (Å²) in [6.45, 7) is 5.82. The van der Waals surface area contributed by atoms with Gasteiger partial charge in [-0.1, -0.05) is 54.9 Å². The predicted molar refractivity (Wildman–Crippen MR) is 153 cm³/mol. The molecule has 2 amide bonds. The van der Waals surface area contributed by atoms with Gasteiger partial charge >= 0.3 is 0 Å². The summed E-state index contributed by atoms with van der Waals surface area (Å²) >= 11 is 6.40. The van der Waals surface area contributed by atoms with E-state index in [2.05, 4.69) is 5.32 Å². The summed E-state index contributed by atoms with van der Waals surface area (Å²) in [7, 11) is -4.13. The predicted octanol–water partition coefficient (Wildman–Crippen LogP) is 4.88. The van der Waals surface area contributed by atoms with Gasteiger partial charge in [0.25, 0.3) is 10.0 Å². The largest absolute Gasteiger partial charge is 0.494 e. The second kappa shape index (κ2) is 14.0. The quantitative estimate of drug-likeness (QED) is 0.315. The van der Waals surface area contributed by atoms with Gasteiger partial charge in [0.05, 0.1) is 17.2 Å². The number of rotatable bonds is 13. The third kappa shape index (κ3) is 7.52. The molecule has 0 fully saturated rings. The number of benzene rings is 3. The van der Waals surface area contributed by atoms with Crippen molar-refractivity contribution in [2.45, 2.75) is 44.7 Å². The smallest absolute Gasteiger partial charge is 0.264 e. The number of carbonyl (C=O) groups excluding carboxylic acids is 2. The van der Waals surface area contributed by atoms with Gasteiger partial charge in [-0.05, 0) is 68.3 Å². The highest BCUT2D eigenvalue weighted by Gasteiger charge is 2.33. The van der Waals surface area contributed by atoms with Gasteiger partial charge in [-0.15, -0.1) is 0 Å². The van der Waals surface area contributed by atoms with Gasteiger partial charge < -0.3 is 15.0 Å². The number of hydrogen-bond acceptors (Lipinski definition) is 5. The van der Waals surface area contributed by atoms with Crippen LogP contribution >= 0.6 is 11.6 Å². The molecule has 39 heavy (non-hydrogen) atoms. The van der Waals surface area contributed by atoms with Crippen LogP contribution in [0, 0.1) is 0 Å². The number of nitrogens with zero attached hydrogens (tertiary/aromatic N) is 2. The summed E-state index contributed by atoms with van der Waals surface area (Å²) in [5.41, 5.74) is 0.938. The van der Waals surface area contributed by atoms with Crippen LogP contribution in [0.5, 0.6) is 5.75 Å². The first-order valence-electron chi connectivity index (χ1n) is 12.8. The third-order valence-electron chi connectivity index (χ3n) is 6.08. The summed E-state index contributed by atoms with van der Waals surface area (Å²) in [6.07, 6.45) is 0.330. The Morgan fingerprint density at radius 1 is 0.923 bits per heavy atom. The zero-order chi connectivity index (χ0) is 28.4. The molecule has 1 unspecified atom stereocenters. The highest BCUT2D eigenvalue weighted by Crippen LogP contribution is 2.27. The molecule has 0 saturated carbocycles. The van der Waals surface area contributed by atoms with Crippen molar-refractivity contribution >= 4 is 39.1 Å². The first-order chi connectivity index (χ1) is 18.7. The van der Waals surface area contributed by atoms with Crippen LogP contribution in [0.25, 0.3) is 0 Å². The van der Waals surface area contributed by atoms with Crippen LogP contribution in [-0.2, 0) is 26.2 Å². The summed E-state index contributed by atoms with van der Waals surface area (Å²) in [5.74, 6) is -0.285. The van der Waals surface area contributed by atoms with Gasteiger partial charge in [0.15, 0.2) is 0 Å². The minimum absolute atomic E-state index is 0.0383. The van der Waals surface area contributed by atoms with Crippen molar-refractivity contribution in [2.24, 2.45) is 0 Å². The van der Waals surface area contributed by atoms with Gasteiger partial charge in [0, 0.05) is 18.1 Å². The molecule has 1 N–H and O–H groups in total. The molecule has 0 spiro atoms. The number of anilines is 1. The second-order valence-electron chi connectivity index (χ2n) is 8.68. The molecular formula is C29H34ClN3O5S. The van der Waals surface area contributed by atoms with Crippen molar-refractivity contribution in [3.63, 3.8) is 0 Å². The Bertz CT molecular complexity index is 1350. The maximum Gasteiger partial charge on any atom is 0.264 e. The molecule has 8 nitrogen and oxygen atoms in total. The second-order valence-corrected chi connectivity index (χ2v) is 11.0. The lowest BCUT2D eigenvalue weighted by Crippen LogP contribution is -2.52. The molecule has 0 aliphatic carbocycles. The minimum Gasteiger partial charge on any atom is -0.494 e. The SMILES string of the molecule is CCNC(=O)C(CC)N(Cc1ccccc1Cl)C(=O)CN(c1ccc(OCC)cc1)S(=O)(=O)c1ccccc1. The molecule has 3 aromatic rings. The maximum atomic E-state index is 14.0. The van der Waals surface area contributed by atoms with Gasteiger partial charge in [-0.3, -0.25) is 13.9 Å². The molecule has 0 aliphatic rings. The number of carbonyl (C=O) groups is 2. The molecule has 0 bridgehead atoms. The Morgan fingerprint density at radius 2 is 1.56 bits per heavy atom. The number of nitrogens with one attached hydrogen (secondary N) is 1. The van der Waals surface area contributed by atoms with Gasteiger partial charge in [-0.25, -0.2) is 8.42 Å². The van der Waals surface area contributed by atoms with Crippen LogP contribution in [0.1, 0.15) is 32.8 Å². The zero-order valence-electron chi connectivity index (χ0n) is 22.3. The number of ether oxygens (including phenoxy) is 1. The average molecular weight is 572 g/mol. The standard InChI is InChI=1S/C29H34ClN3O5S/c1-4-27(29(35)31-5-2)32(20-22-12-10-11-15-26(22)30)28(34)21-33(23-16-18-24(19-17-23)38-6-3)39(36,37)25-13-8-7-9-14-25/h7-19,27H,4-6,20-21H2,1-3H3,(H,31,35). The van der Waals surface area contributed by atoms with Crippen molar-refractivity contribution in [3.8, 4) is 5.75 Å². The van der Waals surface area contributed by atoms with E-state index in [1.54, 1.807) is 80.6 Å². The van der Waals surface area contributed by atoms with Crippen molar-refractivity contribution in [1.29, 1.82) is 0 Å². The normalized spacial score (nSPS) is 11.9. The molecule has 0 radical (unpaired) electrons. The lowest BCUT2D eigenvalue weighted by molar-refractivity contribution is -0.140. The molecular weight excluding hydrogens is 538 g/mol. The number of likely N-dealkylation sites (N-methyl/N-ethyl adjacent to an activating group) is 1. The molecule has 10 heteroatoms. The van der Waals surface area contributed by atoms with Crippen LogP contribution in [0.2, 0.25) is 5.02 Å². The minimum atomic E-state index is -4.13. The molecule has 0 aliphatic heterocycles. The van der Waals surface area contributed by atoms with Crippen molar-refractivity contribution in [3.05, 3.63) is 89.4 Å². The molecule has 0 aromatic heterocycles. The first kappa shape index (κ1) is 30.0. The number of sulfonamides is 1. The lowest BCUT2D eigenvalue weighted by Gasteiger charge is -2.33. The van der Waals surface area contributed by atoms with E-state index in [-0.39, 0.29) is 17.3 Å². The van der Waals surface area contributed by atoms with E-state index in [0.717, 1.165) is 4.31 Å².